The molecule has 2 heterocycles. The Labute approximate surface area is 127 Å². The quantitative estimate of drug-likeness (QED) is 0.753. The Morgan fingerprint density at radius 1 is 1.27 bits per heavy atom. The maximum absolute atomic E-state index is 11.6. The molecule has 0 bridgehead atoms. The molecule has 0 aromatic carbocycles. The van der Waals surface area contributed by atoms with Crippen LogP contribution >= 0.6 is 0 Å². The highest BCUT2D eigenvalue weighted by atomic mass is 16.5. The molecule has 8 nitrogen and oxygen atoms in total. The van der Waals surface area contributed by atoms with Crippen LogP contribution in [0.2, 0.25) is 0 Å². The number of ether oxygens (including phenoxy) is 1. The predicted octanol–water partition coefficient (Wildman–Crippen LogP) is 0.622. The Morgan fingerprint density at radius 3 is 2.77 bits per heavy atom. The number of rotatable bonds is 7. The van der Waals surface area contributed by atoms with Crippen molar-refractivity contribution in [1.29, 1.82) is 0 Å². The van der Waals surface area contributed by atoms with Crippen LogP contribution in [0.4, 0.5) is 0 Å². The summed E-state index contributed by atoms with van der Waals surface area (Å²) in [6, 6.07) is 3.62. The largest absolute Gasteiger partial charge is 0.469 e. The maximum atomic E-state index is 11.6. The van der Waals surface area contributed by atoms with Gasteiger partial charge < -0.3 is 10.1 Å². The molecule has 0 fully saturated rings. The summed E-state index contributed by atoms with van der Waals surface area (Å²) in [7, 11) is 1.33. The summed E-state index contributed by atoms with van der Waals surface area (Å²) in [5.41, 5.74) is 1.50. The van der Waals surface area contributed by atoms with E-state index in [0.717, 1.165) is 5.69 Å². The van der Waals surface area contributed by atoms with Gasteiger partial charge in [0, 0.05) is 25.2 Å². The summed E-state index contributed by atoms with van der Waals surface area (Å²) in [4.78, 5) is 26.5. The van der Waals surface area contributed by atoms with Crippen LogP contribution in [0.5, 0.6) is 0 Å². The number of nitrogens with one attached hydrogen (secondary N) is 1. The molecule has 0 aliphatic heterocycles. The average Bonchev–Trinajstić information content (AvgIpc) is 3.02. The van der Waals surface area contributed by atoms with Crippen molar-refractivity contribution in [2.24, 2.45) is 0 Å². The molecule has 0 spiro atoms. The van der Waals surface area contributed by atoms with Crippen LogP contribution in [0.1, 0.15) is 25.0 Å². The lowest BCUT2D eigenvalue weighted by Gasteiger charge is -2.02. The van der Waals surface area contributed by atoms with Gasteiger partial charge in [-0.25, -0.2) is 4.68 Å². The van der Waals surface area contributed by atoms with E-state index in [1.165, 1.54) is 7.11 Å². The van der Waals surface area contributed by atoms with Crippen molar-refractivity contribution >= 4 is 11.9 Å². The topological polar surface area (TPSA) is 99.0 Å². The number of esters is 1. The van der Waals surface area contributed by atoms with Gasteiger partial charge in [-0.15, -0.1) is 5.10 Å². The predicted molar refractivity (Wildman–Crippen MR) is 76.9 cm³/mol. The van der Waals surface area contributed by atoms with Crippen LogP contribution in [-0.4, -0.2) is 39.0 Å². The summed E-state index contributed by atoms with van der Waals surface area (Å²) < 4.78 is 6.12. The molecule has 1 N–H and O–H groups in total. The molecule has 1 amide bonds. The number of amides is 1. The van der Waals surface area contributed by atoms with Gasteiger partial charge in [0.25, 0.3) is 0 Å². The van der Waals surface area contributed by atoms with Crippen molar-refractivity contribution in [3.05, 3.63) is 36.4 Å². The molecule has 0 aliphatic carbocycles. The minimum Gasteiger partial charge on any atom is -0.469 e. The van der Waals surface area contributed by atoms with Gasteiger partial charge in [0.05, 0.1) is 25.5 Å². The highest BCUT2D eigenvalue weighted by molar-refractivity contribution is 5.76. The first-order chi connectivity index (χ1) is 10.7. The molecule has 2 aromatic rings. The molecule has 0 atom stereocenters. The maximum Gasteiger partial charge on any atom is 0.305 e. The monoisotopic (exact) mass is 303 g/mol. The fraction of sp³-hybridized carbons (Fsp3) is 0.357. The van der Waals surface area contributed by atoms with E-state index in [2.05, 4.69) is 25.3 Å². The average molecular weight is 303 g/mol. The molecular formula is C14H17N5O3. The van der Waals surface area contributed by atoms with E-state index in [1.54, 1.807) is 23.3 Å². The van der Waals surface area contributed by atoms with Gasteiger partial charge in [0.1, 0.15) is 5.69 Å². The van der Waals surface area contributed by atoms with Gasteiger partial charge in [-0.2, -0.15) is 0 Å². The van der Waals surface area contributed by atoms with Crippen LogP contribution < -0.4 is 5.32 Å². The Kier molecular flexibility index (Phi) is 5.58. The molecule has 0 unspecified atom stereocenters. The van der Waals surface area contributed by atoms with Crippen LogP contribution in [0.15, 0.2) is 30.7 Å². The Bertz CT molecular complexity index is 626. The zero-order valence-corrected chi connectivity index (χ0v) is 12.2. The summed E-state index contributed by atoms with van der Waals surface area (Å²) in [6.07, 6.45) is 6.04. The Balaban J connectivity index is 1.77. The SMILES string of the molecule is COC(=O)CCCC(=O)NCc1cn(-c2ccncc2)nn1. The molecule has 0 saturated carbocycles. The van der Waals surface area contributed by atoms with Crippen molar-refractivity contribution in [2.45, 2.75) is 25.8 Å². The van der Waals surface area contributed by atoms with E-state index in [4.69, 9.17) is 0 Å². The van der Waals surface area contributed by atoms with Gasteiger partial charge in [-0.05, 0) is 18.6 Å². The highest BCUT2D eigenvalue weighted by Crippen LogP contribution is 2.04. The van der Waals surface area contributed by atoms with Gasteiger partial charge in [-0.1, -0.05) is 5.21 Å². The van der Waals surface area contributed by atoms with Gasteiger partial charge >= 0.3 is 5.97 Å². The molecule has 2 aromatic heterocycles. The first-order valence-corrected chi connectivity index (χ1v) is 6.84. The minimum atomic E-state index is -0.312. The summed E-state index contributed by atoms with van der Waals surface area (Å²) in [5.74, 6) is -0.449. The molecule has 2 rings (SSSR count). The second-order valence-corrected chi connectivity index (χ2v) is 4.57. The molecule has 0 saturated heterocycles. The first-order valence-electron chi connectivity index (χ1n) is 6.84. The normalized spacial score (nSPS) is 10.2. The second-order valence-electron chi connectivity index (χ2n) is 4.57. The summed E-state index contributed by atoms with van der Waals surface area (Å²) in [5, 5.41) is 10.7. The van der Waals surface area contributed by atoms with Crippen molar-refractivity contribution in [3.63, 3.8) is 0 Å². The van der Waals surface area contributed by atoms with Crippen molar-refractivity contribution < 1.29 is 14.3 Å². The zero-order chi connectivity index (χ0) is 15.8. The minimum absolute atomic E-state index is 0.137. The van der Waals surface area contributed by atoms with E-state index in [9.17, 15) is 9.59 Å². The lowest BCUT2D eigenvalue weighted by molar-refractivity contribution is -0.140. The molecule has 8 heteroatoms. The van der Waals surface area contributed by atoms with Gasteiger partial charge in [-0.3, -0.25) is 14.6 Å². The molecule has 116 valence electrons. The number of aromatic nitrogens is 4. The highest BCUT2D eigenvalue weighted by Gasteiger charge is 2.07. The number of pyridine rings is 1. The number of hydrogen-bond acceptors (Lipinski definition) is 6. The van der Waals surface area contributed by atoms with Crippen molar-refractivity contribution in [1.82, 2.24) is 25.3 Å². The molecule has 0 radical (unpaired) electrons. The van der Waals surface area contributed by atoms with E-state index in [-0.39, 0.29) is 24.7 Å². The molecule has 22 heavy (non-hydrogen) atoms. The van der Waals surface area contributed by atoms with Crippen LogP contribution in [0, 0.1) is 0 Å². The fourth-order valence-electron chi connectivity index (χ4n) is 1.78. The third-order valence-corrected chi connectivity index (χ3v) is 2.95. The van der Waals surface area contributed by atoms with E-state index >= 15 is 0 Å². The van der Waals surface area contributed by atoms with Crippen molar-refractivity contribution in [3.8, 4) is 5.69 Å². The number of carbonyl (C=O) groups is 2. The number of hydrogen-bond donors (Lipinski definition) is 1. The third kappa shape index (κ3) is 4.65. The molecule has 0 aliphatic rings. The van der Waals surface area contributed by atoms with Crippen LogP contribution in [-0.2, 0) is 20.9 Å². The standard InChI is InChI=1S/C14H17N5O3/c1-22-14(21)4-2-3-13(20)16-9-11-10-19(18-17-11)12-5-7-15-8-6-12/h5-8,10H,2-4,9H2,1H3,(H,16,20). The Morgan fingerprint density at radius 2 is 2.05 bits per heavy atom. The smallest absolute Gasteiger partial charge is 0.305 e. The van der Waals surface area contributed by atoms with E-state index < -0.39 is 0 Å². The second kappa shape index (κ2) is 7.87. The lowest BCUT2D eigenvalue weighted by Crippen LogP contribution is -2.22. The number of carbonyl (C=O) groups excluding carboxylic acids is 2. The Hall–Kier alpha value is -2.77. The van der Waals surface area contributed by atoms with E-state index in [0.29, 0.717) is 18.7 Å². The van der Waals surface area contributed by atoms with Crippen LogP contribution in [0.3, 0.4) is 0 Å². The van der Waals surface area contributed by atoms with Crippen molar-refractivity contribution in [2.75, 3.05) is 7.11 Å². The van der Waals surface area contributed by atoms with E-state index in [1.807, 2.05) is 12.1 Å². The number of methoxy groups -OCH3 is 1. The first kappa shape index (κ1) is 15.6. The van der Waals surface area contributed by atoms with Gasteiger partial charge in [0.2, 0.25) is 5.91 Å². The third-order valence-electron chi connectivity index (χ3n) is 2.95. The summed E-state index contributed by atoms with van der Waals surface area (Å²) in [6.45, 7) is 0.294. The van der Waals surface area contributed by atoms with Crippen LogP contribution in [0.25, 0.3) is 5.69 Å². The molecular weight excluding hydrogens is 286 g/mol. The lowest BCUT2D eigenvalue weighted by atomic mass is 10.2. The summed E-state index contributed by atoms with van der Waals surface area (Å²) >= 11 is 0. The number of nitrogens with zero attached hydrogens (tertiary/aromatic N) is 4. The van der Waals surface area contributed by atoms with Gasteiger partial charge in [0.15, 0.2) is 0 Å². The zero-order valence-electron chi connectivity index (χ0n) is 12.2. The fourth-order valence-corrected chi connectivity index (χ4v) is 1.78.